The van der Waals surface area contributed by atoms with Crippen molar-refractivity contribution in [2.24, 2.45) is 0 Å². The minimum atomic E-state index is -1.11. The van der Waals surface area contributed by atoms with Crippen molar-refractivity contribution in [1.82, 2.24) is 0 Å². The van der Waals surface area contributed by atoms with Gasteiger partial charge in [-0.05, 0) is 12.1 Å². The van der Waals surface area contributed by atoms with Gasteiger partial charge in [-0.3, -0.25) is 0 Å². The maximum absolute atomic E-state index is 9.25. The van der Waals surface area contributed by atoms with Crippen molar-refractivity contribution in [1.29, 1.82) is 0 Å². The Kier molecular flexibility index (Phi) is 2.98. The summed E-state index contributed by atoms with van der Waals surface area (Å²) in [6.07, 6.45) is -1.11. The number of ether oxygens (including phenoxy) is 1. The van der Waals surface area contributed by atoms with Crippen LogP contribution in [0.3, 0.4) is 0 Å². The third kappa shape index (κ3) is 2.03. The molecule has 0 heterocycles. The molecule has 4 nitrogen and oxygen atoms in total. The summed E-state index contributed by atoms with van der Waals surface area (Å²) in [4.78, 5) is 0. The molecule has 4 N–H and O–H groups in total. The number of phenolic OH excluding ortho intramolecular Hbond substituents is 1. The van der Waals surface area contributed by atoms with Gasteiger partial charge in [0.15, 0.2) is 6.29 Å². The van der Waals surface area contributed by atoms with Crippen LogP contribution in [-0.4, -0.2) is 17.3 Å². The SMILES string of the molecule is COC(O)c1cc(N)c(Cl)c(O)c1. The summed E-state index contributed by atoms with van der Waals surface area (Å²) >= 11 is 5.60. The standard InChI is InChI=1S/C8H10ClNO3/c1-13-8(12)4-2-5(10)7(9)6(11)3-4/h2-3,8,11-12H,10H2,1H3. The van der Waals surface area contributed by atoms with Gasteiger partial charge < -0.3 is 20.7 Å². The van der Waals surface area contributed by atoms with E-state index in [2.05, 4.69) is 4.74 Å². The molecule has 0 spiro atoms. The first-order valence-electron chi connectivity index (χ1n) is 3.55. The predicted molar refractivity (Wildman–Crippen MR) is 49.5 cm³/mol. The van der Waals surface area contributed by atoms with Crippen molar-refractivity contribution < 1.29 is 14.9 Å². The summed E-state index contributed by atoms with van der Waals surface area (Å²) in [6, 6.07) is 2.74. The van der Waals surface area contributed by atoms with Crippen molar-refractivity contribution in [2.45, 2.75) is 6.29 Å². The minimum absolute atomic E-state index is 0.0760. The van der Waals surface area contributed by atoms with Crippen molar-refractivity contribution in [3.8, 4) is 5.75 Å². The smallest absolute Gasteiger partial charge is 0.181 e. The van der Waals surface area contributed by atoms with E-state index in [9.17, 15) is 10.2 Å². The van der Waals surface area contributed by atoms with Crippen molar-refractivity contribution in [3.05, 3.63) is 22.7 Å². The van der Waals surface area contributed by atoms with Gasteiger partial charge in [0, 0.05) is 12.7 Å². The largest absolute Gasteiger partial charge is 0.506 e. The highest BCUT2D eigenvalue weighted by Gasteiger charge is 2.11. The number of nitrogen functional groups attached to an aromatic ring is 1. The molecular weight excluding hydrogens is 194 g/mol. The van der Waals surface area contributed by atoms with Crippen LogP contribution in [0.15, 0.2) is 12.1 Å². The number of anilines is 1. The van der Waals surface area contributed by atoms with Gasteiger partial charge in [-0.25, -0.2) is 0 Å². The molecule has 5 heteroatoms. The van der Waals surface area contributed by atoms with E-state index in [0.717, 1.165) is 0 Å². The lowest BCUT2D eigenvalue weighted by molar-refractivity contribution is -0.0770. The lowest BCUT2D eigenvalue weighted by atomic mass is 10.2. The fourth-order valence-electron chi connectivity index (χ4n) is 0.932. The van der Waals surface area contributed by atoms with Gasteiger partial charge in [0.1, 0.15) is 10.8 Å². The number of nitrogens with two attached hydrogens (primary N) is 1. The molecular formula is C8H10ClNO3. The Balaban J connectivity index is 3.13. The van der Waals surface area contributed by atoms with E-state index >= 15 is 0 Å². The van der Waals surface area contributed by atoms with E-state index in [1.54, 1.807) is 0 Å². The fourth-order valence-corrected chi connectivity index (χ4v) is 1.04. The molecule has 0 saturated carbocycles. The Morgan fingerprint density at radius 3 is 2.62 bits per heavy atom. The molecule has 0 aromatic heterocycles. The average molecular weight is 204 g/mol. The highest BCUT2D eigenvalue weighted by molar-refractivity contribution is 6.34. The lowest BCUT2D eigenvalue weighted by Crippen LogP contribution is -2.00. The number of benzene rings is 1. The molecule has 13 heavy (non-hydrogen) atoms. The molecule has 0 amide bonds. The van der Waals surface area contributed by atoms with Crippen LogP contribution in [0.4, 0.5) is 5.69 Å². The summed E-state index contributed by atoms with van der Waals surface area (Å²) < 4.78 is 4.63. The van der Waals surface area contributed by atoms with Crippen LogP contribution in [0.2, 0.25) is 5.02 Å². The second-order valence-electron chi connectivity index (χ2n) is 2.53. The average Bonchev–Trinajstić information content (AvgIpc) is 2.12. The number of phenols is 1. The van der Waals surface area contributed by atoms with Crippen LogP contribution in [0.1, 0.15) is 11.9 Å². The molecule has 0 bridgehead atoms. The van der Waals surface area contributed by atoms with Gasteiger partial charge in [0.25, 0.3) is 0 Å². The van der Waals surface area contributed by atoms with Gasteiger partial charge in [0.05, 0.1) is 5.69 Å². The topological polar surface area (TPSA) is 75.7 Å². The normalized spacial score (nSPS) is 12.8. The molecule has 1 aromatic carbocycles. The molecule has 1 aromatic rings. The maximum Gasteiger partial charge on any atom is 0.181 e. The molecule has 0 radical (unpaired) electrons. The van der Waals surface area contributed by atoms with Crippen LogP contribution in [-0.2, 0) is 4.74 Å². The Labute approximate surface area is 80.5 Å². The fraction of sp³-hybridized carbons (Fsp3) is 0.250. The first-order valence-corrected chi connectivity index (χ1v) is 3.92. The van der Waals surface area contributed by atoms with Gasteiger partial charge in [-0.2, -0.15) is 0 Å². The minimum Gasteiger partial charge on any atom is -0.506 e. The van der Waals surface area contributed by atoms with E-state index in [-0.39, 0.29) is 16.5 Å². The monoisotopic (exact) mass is 203 g/mol. The highest BCUT2D eigenvalue weighted by Crippen LogP contribution is 2.32. The summed E-state index contributed by atoms with van der Waals surface area (Å²) in [6.45, 7) is 0. The first-order chi connectivity index (χ1) is 6.06. The molecule has 1 rings (SSSR count). The number of rotatable bonds is 2. The Morgan fingerprint density at radius 1 is 1.54 bits per heavy atom. The molecule has 1 atom stereocenters. The summed E-state index contributed by atoms with van der Waals surface area (Å²) in [5.74, 6) is -0.173. The Bertz CT molecular complexity index is 293. The van der Waals surface area contributed by atoms with Crippen LogP contribution in [0.5, 0.6) is 5.75 Å². The summed E-state index contributed by atoms with van der Waals surface area (Å²) in [7, 11) is 1.34. The predicted octanol–water partition coefficient (Wildman–Crippen LogP) is 1.27. The second kappa shape index (κ2) is 3.83. The van der Waals surface area contributed by atoms with Gasteiger partial charge in [-0.15, -0.1) is 0 Å². The lowest BCUT2D eigenvalue weighted by Gasteiger charge is -2.10. The molecule has 0 fully saturated rings. The second-order valence-corrected chi connectivity index (χ2v) is 2.91. The van der Waals surface area contributed by atoms with Gasteiger partial charge in [-0.1, -0.05) is 11.6 Å². The highest BCUT2D eigenvalue weighted by atomic mass is 35.5. The van der Waals surface area contributed by atoms with E-state index < -0.39 is 6.29 Å². The molecule has 72 valence electrons. The number of aliphatic hydroxyl groups excluding tert-OH is 1. The van der Waals surface area contributed by atoms with Crippen LogP contribution in [0.25, 0.3) is 0 Å². The zero-order valence-electron chi connectivity index (χ0n) is 6.99. The zero-order chi connectivity index (χ0) is 10.0. The maximum atomic E-state index is 9.25. The van der Waals surface area contributed by atoms with E-state index in [0.29, 0.717) is 5.56 Å². The molecule has 0 aliphatic carbocycles. The van der Waals surface area contributed by atoms with Gasteiger partial charge in [0.2, 0.25) is 0 Å². The number of aromatic hydroxyl groups is 1. The van der Waals surface area contributed by atoms with Crippen LogP contribution in [0, 0.1) is 0 Å². The number of halogens is 1. The summed E-state index contributed by atoms with van der Waals surface area (Å²) in [5.41, 5.74) is 6.02. The summed E-state index contributed by atoms with van der Waals surface area (Å²) in [5, 5.41) is 18.6. The van der Waals surface area contributed by atoms with E-state index in [1.807, 2.05) is 0 Å². The van der Waals surface area contributed by atoms with E-state index in [4.69, 9.17) is 17.3 Å². The molecule has 0 saturated heterocycles. The number of methoxy groups -OCH3 is 1. The molecule has 0 aliphatic heterocycles. The van der Waals surface area contributed by atoms with Crippen LogP contribution >= 0.6 is 11.6 Å². The third-order valence-electron chi connectivity index (χ3n) is 1.61. The van der Waals surface area contributed by atoms with E-state index in [1.165, 1.54) is 19.2 Å². The van der Waals surface area contributed by atoms with Gasteiger partial charge >= 0.3 is 0 Å². The number of hydrogen-bond donors (Lipinski definition) is 3. The number of aliphatic hydroxyl groups is 1. The molecule has 0 aliphatic rings. The zero-order valence-corrected chi connectivity index (χ0v) is 7.75. The van der Waals surface area contributed by atoms with Crippen molar-refractivity contribution in [2.75, 3.05) is 12.8 Å². The number of hydrogen-bond acceptors (Lipinski definition) is 4. The quantitative estimate of drug-likeness (QED) is 0.500. The van der Waals surface area contributed by atoms with Crippen molar-refractivity contribution >= 4 is 17.3 Å². The Hall–Kier alpha value is -0.970. The first kappa shape index (κ1) is 10.1. The Morgan fingerprint density at radius 2 is 2.15 bits per heavy atom. The van der Waals surface area contributed by atoms with Crippen LogP contribution < -0.4 is 5.73 Å². The third-order valence-corrected chi connectivity index (χ3v) is 2.02. The van der Waals surface area contributed by atoms with Crippen molar-refractivity contribution in [3.63, 3.8) is 0 Å². The molecule has 1 unspecified atom stereocenters.